The molecule has 0 bridgehead atoms. The fraction of sp³-hybridized carbons (Fsp3) is 0.318. The van der Waals surface area contributed by atoms with Gasteiger partial charge in [-0.2, -0.15) is 4.98 Å². The molecule has 1 aromatic heterocycles. The maximum absolute atomic E-state index is 12.3. The second kappa shape index (κ2) is 10.3. The number of amides is 1. The quantitative estimate of drug-likeness (QED) is 0.528. The standard InChI is InChI=1S/C22H25N3O5/c1-4-5-20-24-22(30-25-20)13-12-21(26)23-15-6-11-18(28-3)19(14-15)29-17-9-7-16(27-2)8-10-17/h6-11,14H,4-5,12-13H2,1-3H3,(H,23,26). The van der Waals surface area contributed by atoms with Crippen molar-refractivity contribution in [2.24, 2.45) is 0 Å². The van der Waals surface area contributed by atoms with Gasteiger partial charge in [0.25, 0.3) is 0 Å². The number of hydrogen-bond acceptors (Lipinski definition) is 7. The Morgan fingerprint density at radius 1 is 1.00 bits per heavy atom. The van der Waals surface area contributed by atoms with Crippen molar-refractivity contribution in [3.8, 4) is 23.0 Å². The zero-order valence-electron chi connectivity index (χ0n) is 17.3. The minimum absolute atomic E-state index is 0.161. The zero-order valence-corrected chi connectivity index (χ0v) is 17.3. The lowest BCUT2D eigenvalue weighted by Gasteiger charge is -2.13. The molecule has 1 heterocycles. The molecular formula is C22H25N3O5. The molecule has 0 atom stereocenters. The molecule has 2 aromatic carbocycles. The third-order valence-electron chi connectivity index (χ3n) is 4.28. The average molecular weight is 411 g/mol. The van der Waals surface area contributed by atoms with E-state index >= 15 is 0 Å². The largest absolute Gasteiger partial charge is 0.497 e. The first-order valence-corrected chi connectivity index (χ1v) is 9.72. The summed E-state index contributed by atoms with van der Waals surface area (Å²) in [5.74, 6) is 3.37. The first-order chi connectivity index (χ1) is 14.6. The number of ether oxygens (including phenoxy) is 3. The lowest BCUT2D eigenvalue weighted by molar-refractivity contribution is -0.116. The van der Waals surface area contributed by atoms with Crippen molar-refractivity contribution >= 4 is 11.6 Å². The number of benzene rings is 2. The van der Waals surface area contributed by atoms with Crippen molar-refractivity contribution in [1.82, 2.24) is 10.1 Å². The molecule has 3 aromatic rings. The summed E-state index contributed by atoms with van der Waals surface area (Å²) < 4.78 is 21.6. The lowest BCUT2D eigenvalue weighted by Crippen LogP contribution is -2.12. The van der Waals surface area contributed by atoms with Gasteiger partial charge in [0.2, 0.25) is 11.8 Å². The molecule has 3 rings (SSSR count). The number of nitrogens with zero attached hydrogens (tertiary/aromatic N) is 2. The molecule has 1 N–H and O–H groups in total. The topological polar surface area (TPSA) is 95.7 Å². The Morgan fingerprint density at radius 3 is 2.47 bits per heavy atom. The molecule has 0 aliphatic rings. The van der Waals surface area contributed by atoms with Crippen LogP contribution in [0.15, 0.2) is 47.0 Å². The SMILES string of the molecule is CCCc1noc(CCC(=O)Nc2ccc(OC)c(Oc3ccc(OC)cc3)c2)n1. The van der Waals surface area contributed by atoms with Crippen LogP contribution in [0.2, 0.25) is 0 Å². The Bertz CT molecular complexity index is 969. The maximum Gasteiger partial charge on any atom is 0.227 e. The van der Waals surface area contributed by atoms with Crippen LogP contribution < -0.4 is 19.5 Å². The van der Waals surface area contributed by atoms with Gasteiger partial charge in [-0.25, -0.2) is 0 Å². The monoisotopic (exact) mass is 411 g/mol. The summed E-state index contributed by atoms with van der Waals surface area (Å²) in [6, 6.07) is 12.4. The molecule has 0 saturated heterocycles. The Kier molecular flexibility index (Phi) is 7.26. The zero-order chi connectivity index (χ0) is 21.3. The van der Waals surface area contributed by atoms with Crippen LogP contribution in [-0.2, 0) is 17.6 Å². The molecule has 0 aliphatic heterocycles. The number of hydrogen-bond donors (Lipinski definition) is 1. The maximum atomic E-state index is 12.3. The van der Waals surface area contributed by atoms with E-state index in [2.05, 4.69) is 15.5 Å². The third-order valence-corrected chi connectivity index (χ3v) is 4.28. The number of carbonyl (C=O) groups excluding carboxylic acids is 1. The van der Waals surface area contributed by atoms with Gasteiger partial charge < -0.3 is 24.1 Å². The first-order valence-electron chi connectivity index (χ1n) is 9.72. The van der Waals surface area contributed by atoms with Gasteiger partial charge >= 0.3 is 0 Å². The van der Waals surface area contributed by atoms with Crippen LogP contribution in [0.3, 0.4) is 0 Å². The number of carbonyl (C=O) groups is 1. The predicted molar refractivity (Wildman–Crippen MR) is 111 cm³/mol. The second-order valence-corrected chi connectivity index (χ2v) is 6.55. The molecule has 0 fully saturated rings. The van der Waals surface area contributed by atoms with Crippen LogP contribution in [0.1, 0.15) is 31.5 Å². The molecule has 0 aliphatic carbocycles. The Balaban J connectivity index is 1.62. The smallest absolute Gasteiger partial charge is 0.227 e. The molecule has 158 valence electrons. The minimum Gasteiger partial charge on any atom is -0.497 e. The Morgan fingerprint density at radius 2 is 1.77 bits per heavy atom. The number of aryl methyl sites for hydroxylation is 2. The van der Waals surface area contributed by atoms with E-state index in [-0.39, 0.29) is 12.3 Å². The fourth-order valence-corrected chi connectivity index (χ4v) is 2.77. The normalized spacial score (nSPS) is 10.5. The number of methoxy groups -OCH3 is 2. The van der Waals surface area contributed by atoms with Gasteiger partial charge in [0.1, 0.15) is 11.5 Å². The Hall–Kier alpha value is -3.55. The van der Waals surface area contributed by atoms with Gasteiger partial charge in [0.15, 0.2) is 17.3 Å². The Labute approximate surface area is 175 Å². The molecule has 0 radical (unpaired) electrons. The van der Waals surface area contributed by atoms with Crippen LogP contribution >= 0.6 is 0 Å². The van der Waals surface area contributed by atoms with Crippen molar-refractivity contribution in [3.05, 3.63) is 54.2 Å². The van der Waals surface area contributed by atoms with Gasteiger partial charge in [-0.1, -0.05) is 12.1 Å². The van der Waals surface area contributed by atoms with Gasteiger partial charge in [-0.15, -0.1) is 0 Å². The molecule has 0 unspecified atom stereocenters. The molecule has 8 heteroatoms. The first kappa shape index (κ1) is 21.2. The fourth-order valence-electron chi connectivity index (χ4n) is 2.77. The lowest BCUT2D eigenvalue weighted by atomic mass is 10.2. The van der Waals surface area contributed by atoms with Crippen LogP contribution in [0.4, 0.5) is 5.69 Å². The van der Waals surface area contributed by atoms with E-state index in [0.717, 1.165) is 18.6 Å². The summed E-state index contributed by atoms with van der Waals surface area (Å²) in [6.45, 7) is 2.05. The summed E-state index contributed by atoms with van der Waals surface area (Å²) in [5.41, 5.74) is 0.599. The van der Waals surface area contributed by atoms with Crippen molar-refractivity contribution in [3.63, 3.8) is 0 Å². The van der Waals surface area contributed by atoms with Crippen molar-refractivity contribution in [2.45, 2.75) is 32.6 Å². The third kappa shape index (κ3) is 5.73. The van der Waals surface area contributed by atoms with Crippen molar-refractivity contribution in [2.75, 3.05) is 19.5 Å². The summed E-state index contributed by atoms with van der Waals surface area (Å²) in [4.78, 5) is 16.6. The van der Waals surface area contributed by atoms with Crippen molar-refractivity contribution in [1.29, 1.82) is 0 Å². The van der Waals surface area contributed by atoms with Gasteiger partial charge in [-0.05, 0) is 42.8 Å². The van der Waals surface area contributed by atoms with E-state index in [1.807, 2.05) is 6.92 Å². The van der Waals surface area contributed by atoms with Gasteiger partial charge in [-0.3, -0.25) is 4.79 Å². The highest BCUT2D eigenvalue weighted by atomic mass is 16.5. The van der Waals surface area contributed by atoms with E-state index in [4.69, 9.17) is 18.7 Å². The average Bonchev–Trinajstić information content (AvgIpc) is 3.21. The number of anilines is 1. The minimum atomic E-state index is -0.161. The highest BCUT2D eigenvalue weighted by molar-refractivity contribution is 5.91. The molecule has 0 spiro atoms. The number of aromatic nitrogens is 2. The van der Waals surface area contributed by atoms with E-state index < -0.39 is 0 Å². The summed E-state index contributed by atoms with van der Waals surface area (Å²) in [5, 5.41) is 6.75. The van der Waals surface area contributed by atoms with Gasteiger partial charge in [0.05, 0.1) is 14.2 Å². The van der Waals surface area contributed by atoms with Crippen LogP contribution in [0.5, 0.6) is 23.0 Å². The predicted octanol–water partition coefficient (Wildman–Crippen LogP) is 4.40. The second-order valence-electron chi connectivity index (χ2n) is 6.55. The molecule has 8 nitrogen and oxygen atoms in total. The number of rotatable bonds is 10. The molecule has 0 saturated carbocycles. The molecular weight excluding hydrogens is 386 g/mol. The van der Waals surface area contributed by atoms with Crippen molar-refractivity contribution < 1.29 is 23.5 Å². The van der Waals surface area contributed by atoms with E-state index in [1.165, 1.54) is 0 Å². The van der Waals surface area contributed by atoms with E-state index in [9.17, 15) is 4.79 Å². The van der Waals surface area contributed by atoms with Crippen LogP contribution in [-0.4, -0.2) is 30.3 Å². The summed E-state index contributed by atoms with van der Waals surface area (Å²) in [6.07, 6.45) is 2.32. The molecule has 30 heavy (non-hydrogen) atoms. The number of nitrogens with one attached hydrogen (secondary N) is 1. The summed E-state index contributed by atoms with van der Waals surface area (Å²) in [7, 11) is 3.17. The highest BCUT2D eigenvalue weighted by Gasteiger charge is 2.12. The van der Waals surface area contributed by atoms with E-state index in [1.54, 1.807) is 56.7 Å². The van der Waals surface area contributed by atoms with Gasteiger partial charge in [0, 0.05) is 31.0 Å². The molecule has 1 amide bonds. The summed E-state index contributed by atoms with van der Waals surface area (Å²) >= 11 is 0. The van der Waals surface area contributed by atoms with Crippen LogP contribution in [0.25, 0.3) is 0 Å². The van der Waals surface area contributed by atoms with Crippen LogP contribution in [0, 0.1) is 0 Å². The van der Waals surface area contributed by atoms with E-state index in [0.29, 0.717) is 41.1 Å². The highest BCUT2D eigenvalue weighted by Crippen LogP contribution is 2.34.